The highest BCUT2D eigenvalue weighted by molar-refractivity contribution is 7.99. The molecule has 1 N–H and O–H groups in total. The standard InChI is InChI=1S/C22H31N3O5S/c1-14(2)12-25-20(27)17-8-7-16(21(28)29-5)11-18(17)24-22(25)31-13-19(26)23-9-6-10-30-15(3)4/h7-8,11,14-15H,6,9-10,12-13H2,1-5H3,(H,23,26). The van der Waals surface area contributed by atoms with Gasteiger partial charge in [-0.3, -0.25) is 14.2 Å². The minimum absolute atomic E-state index is 0.136. The molecule has 0 saturated carbocycles. The number of nitrogens with one attached hydrogen (secondary N) is 1. The highest BCUT2D eigenvalue weighted by atomic mass is 32.2. The summed E-state index contributed by atoms with van der Waals surface area (Å²) in [6, 6.07) is 4.69. The summed E-state index contributed by atoms with van der Waals surface area (Å²) in [5, 5.41) is 3.73. The zero-order valence-corrected chi connectivity index (χ0v) is 19.6. The summed E-state index contributed by atoms with van der Waals surface area (Å²) < 4.78 is 11.8. The van der Waals surface area contributed by atoms with Crippen molar-refractivity contribution in [2.75, 3.05) is 26.0 Å². The van der Waals surface area contributed by atoms with Gasteiger partial charge in [-0.25, -0.2) is 9.78 Å². The second-order valence-corrected chi connectivity index (χ2v) is 8.78. The quantitative estimate of drug-likeness (QED) is 0.244. The third kappa shape index (κ3) is 7.36. The molecule has 1 amide bonds. The molecular formula is C22H31N3O5S. The molecule has 0 aliphatic rings. The van der Waals surface area contributed by atoms with Crippen molar-refractivity contribution in [1.29, 1.82) is 0 Å². The van der Waals surface area contributed by atoms with Gasteiger partial charge in [0.25, 0.3) is 5.56 Å². The number of rotatable bonds is 11. The zero-order chi connectivity index (χ0) is 23.0. The van der Waals surface area contributed by atoms with Crippen molar-refractivity contribution in [3.8, 4) is 0 Å². The molecule has 31 heavy (non-hydrogen) atoms. The molecule has 2 rings (SSSR count). The topological polar surface area (TPSA) is 99.5 Å². The smallest absolute Gasteiger partial charge is 0.337 e. The fraction of sp³-hybridized carbons (Fsp3) is 0.545. The Labute approximate surface area is 186 Å². The number of thioether (sulfide) groups is 1. The third-order valence-electron chi connectivity index (χ3n) is 4.32. The van der Waals surface area contributed by atoms with E-state index in [1.54, 1.807) is 22.8 Å². The number of fused-ring (bicyclic) bond motifs is 1. The maximum Gasteiger partial charge on any atom is 0.337 e. The number of amides is 1. The molecule has 0 fully saturated rings. The Morgan fingerprint density at radius 1 is 1.23 bits per heavy atom. The van der Waals surface area contributed by atoms with Gasteiger partial charge in [-0.2, -0.15) is 0 Å². The van der Waals surface area contributed by atoms with E-state index in [1.807, 2.05) is 27.7 Å². The summed E-state index contributed by atoms with van der Waals surface area (Å²) in [4.78, 5) is 41.7. The van der Waals surface area contributed by atoms with Crippen molar-refractivity contribution >= 4 is 34.5 Å². The van der Waals surface area contributed by atoms with E-state index < -0.39 is 5.97 Å². The second-order valence-electron chi connectivity index (χ2n) is 7.84. The van der Waals surface area contributed by atoms with E-state index in [-0.39, 0.29) is 29.2 Å². The second kappa shape index (κ2) is 11.9. The Hall–Kier alpha value is -2.39. The van der Waals surface area contributed by atoms with Crippen molar-refractivity contribution < 1.29 is 19.1 Å². The normalized spacial score (nSPS) is 11.3. The van der Waals surface area contributed by atoms with Crippen LogP contribution in [0.4, 0.5) is 0 Å². The van der Waals surface area contributed by atoms with E-state index in [0.29, 0.717) is 41.3 Å². The molecule has 9 heteroatoms. The van der Waals surface area contributed by atoms with Gasteiger partial charge in [-0.1, -0.05) is 25.6 Å². The van der Waals surface area contributed by atoms with E-state index in [9.17, 15) is 14.4 Å². The molecule has 170 valence electrons. The van der Waals surface area contributed by atoms with Crippen LogP contribution in [0.15, 0.2) is 28.2 Å². The van der Waals surface area contributed by atoms with Gasteiger partial charge in [0.15, 0.2) is 5.16 Å². The largest absolute Gasteiger partial charge is 0.465 e. The lowest BCUT2D eigenvalue weighted by atomic mass is 10.1. The van der Waals surface area contributed by atoms with Crippen LogP contribution < -0.4 is 10.9 Å². The lowest BCUT2D eigenvalue weighted by molar-refractivity contribution is -0.118. The van der Waals surface area contributed by atoms with Crippen LogP contribution in [0.25, 0.3) is 10.9 Å². The Balaban J connectivity index is 2.18. The molecule has 1 aromatic heterocycles. The molecular weight excluding hydrogens is 418 g/mol. The fourth-order valence-corrected chi connectivity index (χ4v) is 3.72. The van der Waals surface area contributed by atoms with Crippen molar-refractivity contribution in [2.24, 2.45) is 5.92 Å². The number of hydrogen-bond acceptors (Lipinski definition) is 7. The third-order valence-corrected chi connectivity index (χ3v) is 5.29. The molecule has 0 atom stereocenters. The zero-order valence-electron chi connectivity index (χ0n) is 18.8. The van der Waals surface area contributed by atoms with Crippen LogP contribution in [0, 0.1) is 5.92 Å². The van der Waals surface area contributed by atoms with Gasteiger partial charge >= 0.3 is 5.97 Å². The number of hydrogen-bond donors (Lipinski definition) is 1. The first kappa shape index (κ1) is 24.9. The van der Waals surface area contributed by atoms with E-state index >= 15 is 0 Å². The summed E-state index contributed by atoms with van der Waals surface area (Å²) >= 11 is 1.21. The van der Waals surface area contributed by atoms with Crippen molar-refractivity contribution in [2.45, 2.75) is 51.9 Å². The van der Waals surface area contributed by atoms with Crippen LogP contribution in [0.5, 0.6) is 0 Å². The maximum absolute atomic E-state index is 13.1. The highest BCUT2D eigenvalue weighted by Crippen LogP contribution is 2.20. The summed E-state index contributed by atoms with van der Waals surface area (Å²) in [5.74, 6) is -0.272. The number of esters is 1. The van der Waals surface area contributed by atoms with Gasteiger partial charge in [0.2, 0.25) is 5.91 Å². The van der Waals surface area contributed by atoms with Crippen molar-refractivity contribution in [1.82, 2.24) is 14.9 Å². The average Bonchev–Trinajstić information content (AvgIpc) is 2.72. The van der Waals surface area contributed by atoms with Crippen LogP contribution in [0.3, 0.4) is 0 Å². The lowest BCUT2D eigenvalue weighted by Crippen LogP contribution is -2.29. The number of nitrogens with zero attached hydrogens (tertiary/aromatic N) is 2. The number of ether oxygens (including phenoxy) is 2. The first-order chi connectivity index (χ1) is 14.7. The van der Waals surface area contributed by atoms with Crippen LogP contribution in [-0.2, 0) is 20.8 Å². The summed E-state index contributed by atoms with van der Waals surface area (Å²) in [6.07, 6.45) is 0.902. The Kier molecular flexibility index (Phi) is 9.51. The minimum atomic E-state index is -0.495. The summed E-state index contributed by atoms with van der Waals surface area (Å²) in [7, 11) is 1.30. The number of carbonyl (C=O) groups is 2. The van der Waals surface area contributed by atoms with Gasteiger partial charge in [-0.05, 0) is 44.4 Å². The summed E-state index contributed by atoms with van der Waals surface area (Å²) in [6.45, 7) is 9.56. The Morgan fingerprint density at radius 3 is 2.61 bits per heavy atom. The van der Waals surface area contributed by atoms with E-state index in [4.69, 9.17) is 9.47 Å². The number of benzene rings is 1. The first-order valence-corrected chi connectivity index (χ1v) is 11.4. The predicted octanol–water partition coefficient (Wildman–Crippen LogP) is 2.86. The van der Waals surface area contributed by atoms with Gasteiger partial charge in [0.1, 0.15) is 0 Å². The lowest BCUT2D eigenvalue weighted by Gasteiger charge is -2.15. The number of aromatic nitrogens is 2. The molecule has 0 unspecified atom stereocenters. The molecule has 0 radical (unpaired) electrons. The molecule has 0 saturated heterocycles. The van der Waals surface area contributed by atoms with E-state index in [0.717, 1.165) is 6.42 Å². The van der Waals surface area contributed by atoms with Crippen molar-refractivity contribution in [3.05, 3.63) is 34.1 Å². The summed E-state index contributed by atoms with van der Waals surface area (Å²) in [5.41, 5.74) is 0.534. The molecule has 2 aromatic rings. The molecule has 0 aliphatic heterocycles. The molecule has 1 heterocycles. The molecule has 8 nitrogen and oxygen atoms in total. The molecule has 0 bridgehead atoms. The van der Waals surface area contributed by atoms with E-state index in [1.165, 1.54) is 18.9 Å². The minimum Gasteiger partial charge on any atom is -0.465 e. The van der Waals surface area contributed by atoms with Gasteiger partial charge in [0, 0.05) is 19.7 Å². The molecule has 1 aromatic carbocycles. The first-order valence-electron chi connectivity index (χ1n) is 10.4. The molecule has 0 spiro atoms. The Bertz CT molecular complexity index is 972. The fourth-order valence-electron chi connectivity index (χ4n) is 2.88. The maximum atomic E-state index is 13.1. The number of methoxy groups -OCH3 is 1. The Morgan fingerprint density at radius 2 is 1.97 bits per heavy atom. The number of carbonyl (C=O) groups excluding carboxylic acids is 2. The van der Waals surface area contributed by atoms with E-state index in [2.05, 4.69) is 10.3 Å². The van der Waals surface area contributed by atoms with Crippen LogP contribution in [0.1, 0.15) is 44.5 Å². The van der Waals surface area contributed by atoms with Crippen molar-refractivity contribution in [3.63, 3.8) is 0 Å². The highest BCUT2D eigenvalue weighted by Gasteiger charge is 2.16. The van der Waals surface area contributed by atoms with Gasteiger partial charge in [-0.15, -0.1) is 0 Å². The monoisotopic (exact) mass is 449 g/mol. The van der Waals surface area contributed by atoms with Gasteiger partial charge in [0.05, 0.1) is 35.4 Å². The van der Waals surface area contributed by atoms with Crippen LogP contribution in [-0.4, -0.2) is 53.5 Å². The molecule has 0 aliphatic carbocycles. The van der Waals surface area contributed by atoms with Crippen LogP contribution in [0.2, 0.25) is 0 Å². The van der Waals surface area contributed by atoms with Crippen LogP contribution >= 0.6 is 11.8 Å². The SMILES string of the molecule is COC(=O)c1ccc2c(=O)n(CC(C)C)c(SCC(=O)NCCCOC(C)C)nc2c1. The van der Waals surface area contributed by atoms with Gasteiger partial charge < -0.3 is 14.8 Å². The average molecular weight is 450 g/mol. The predicted molar refractivity (Wildman–Crippen MR) is 122 cm³/mol.